The van der Waals surface area contributed by atoms with Gasteiger partial charge in [-0.1, -0.05) is 18.2 Å². The van der Waals surface area contributed by atoms with E-state index in [-0.39, 0.29) is 23.1 Å². The number of hydrogen-bond acceptors (Lipinski definition) is 3. The number of carbonyl (C=O) groups excluding carboxylic acids is 2. The molecule has 0 aliphatic heterocycles. The molecule has 2 amide bonds. The number of halogens is 3. The van der Waals surface area contributed by atoms with Gasteiger partial charge in [0.05, 0.1) is 11.3 Å². The molecule has 0 unspecified atom stereocenters. The van der Waals surface area contributed by atoms with Gasteiger partial charge in [-0.2, -0.15) is 13.2 Å². The summed E-state index contributed by atoms with van der Waals surface area (Å²) in [6.07, 6.45) is -4.60. The number of amides is 2. The van der Waals surface area contributed by atoms with Crippen LogP contribution in [0.2, 0.25) is 0 Å². The Kier molecular flexibility index (Phi) is 5.41. The molecule has 1 aromatic heterocycles. The minimum absolute atomic E-state index is 0.00505. The Hall–Kier alpha value is -2.90. The molecule has 0 spiro atoms. The highest BCUT2D eigenvalue weighted by atomic mass is 19.4. The van der Waals surface area contributed by atoms with Crippen molar-refractivity contribution < 1.29 is 22.8 Å². The van der Waals surface area contributed by atoms with Gasteiger partial charge in [0.25, 0.3) is 11.8 Å². The second kappa shape index (κ2) is 7.33. The smallest absolute Gasteiger partial charge is 0.349 e. The summed E-state index contributed by atoms with van der Waals surface area (Å²) in [4.78, 5) is 28.0. The molecule has 2 rings (SSSR count). The largest absolute Gasteiger partial charge is 0.418 e. The number of hydrogen-bond donors (Lipinski definition) is 2. The highest BCUT2D eigenvalue weighted by molar-refractivity contribution is 6.04. The van der Waals surface area contributed by atoms with E-state index in [1.54, 1.807) is 13.8 Å². The summed E-state index contributed by atoms with van der Waals surface area (Å²) in [5, 5.41) is 4.81. The number of nitrogens with one attached hydrogen (secondary N) is 2. The van der Waals surface area contributed by atoms with Crippen molar-refractivity contribution in [2.45, 2.75) is 26.1 Å². The van der Waals surface area contributed by atoms with Gasteiger partial charge in [0, 0.05) is 6.04 Å². The molecule has 1 aromatic carbocycles. The molecular formula is C17H16F3N3O2. The van der Waals surface area contributed by atoms with E-state index < -0.39 is 23.6 Å². The molecule has 0 saturated carbocycles. The number of rotatable bonds is 4. The predicted octanol–water partition coefficient (Wildman–Crippen LogP) is 3.49. The van der Waals surface area contributed by atoms with Crippen LogP contribution in [-0.4, -0.2) is 22.8 Å². The summed E-state index contributed by atoms with van der Waals surface area (Å²) >= 11 is 0. The van der Waals surface area contributed by atoms with Crippen LogP contribution in [0.3, 0.4) is 0 Å². The van der Waals surface area contributed by atoms with Crippen molar-refractivity contribution >= 4 is 17.5 Å². The lowest BCUT2D eigenvalue weighted by Crippen LogP contribution is -2.31. The second-order valence-electron chi connectivity index (χ2n) is 5.53. The first kappa shape index (κ1) is 18.4. The quantitative estimate of drug-likeness (QED) is 0.886. The van der Waals surface area contributed by atoms with Crippen LogP contribution in [0.4, 0.5) is 18.9 Å². The Labute approximate surface area is 142 Å². The van der Waals surface area contributed by atoms with Crippen molar-refractivity contribution in [3.63, 3.8) is 0 Å². The van der Waals surface area contributed by atoms with Crippen molar-refractivity contribution in [2.75, 3.05) is 5.32 Å². The van der Waals surface area contributed by atoms with Crippen molar-refractivity contribution in [1.82, 2.24) is 10.3 Å². The number of anilines is 1. The van der Waals surface area contributed by atoms with E-state index in [9.17, 15) is 22.8 Å². The molecule has 0 aliphatic rings. The number of alkyl halides is 3. The highest BCUT2D eigenvalue weighted by Gasteiger charge is 2.33. The fraction of sp³-hybridized carbons (Fsp3) is 0.235. The lowest BCUT2D eigenvalue weighted by atomic mass is 10.1. The summed E-state index contributed by atoms with van der Waals surface area (Å²) in [6, 6.07) is 8.68. The Morgan fingerprint density at radius 1 is 0.960 bits per heavy atom. The zero-order valence-corrected chi connectivity index (χ0v) is 13.5. The van der Waals surface area contributed by atoms with Gasteiger partial charge in [-0.25, -0.2) is 4.98 Å². The van der Waals surface area contributed by atoms with Gasteiger partial charge in [0.15, 0.2) is 0 Å². The third-order valence-electron chi connectivity index (χ3n) is 3.11. The Morgan fingerprint density at radius 2 is 1.56 bits per heavy atom. The van der Waals surface area contributed by atoms with Crippen LogP contribution < -0.4 is 10.6 Å². The molecule has 0 radical (unpaired) electrons. The zero-order valence-electron chi connectivity index (χ0n) is 13.5. The first-order valence-electron chi connectivity index (χ1n) is 7.44. The Bertz CT molecular complexity index is 789. The zero-order chi connectivity index (χ0) is 18.6. The summed E-state index contributed by atoms with van der Waals surface area (Å²) in [5.74, 6) is -1.31. The first-order chi connectivity index (χ1) is 11.7. The van der Waals surface area contributed by atoms with Crippen LogP contribution in [0.25, 0.3) is 0 Å². The normalized spacial score (nSPS) is 11.3. The average Bonchev–Trinajstić information content (AvgIpc) is 2.54. The first-order valence-corrected chi connectivity index (χ1v) is 7.44. The van der Waals surface area contributed by atoms with Gasteiger partial charge in [0.2, 0.25) is 0 Å². The maximum absolute atomic E-state index is 13.0. The molecule has 8 heteroatoms. The molecule has 0 fully saturated rings. The van der Waals surface area contributed by atoms with Gasteiger partial charge in [-0.15, -0.1) is 0 Å². The minimum Gasteiger partial charge on any atom is -0.349 e. The second-order valence-corrected chi connectivity index (χ2v) is 5.53. The molecule has 0 atom stereocenters. The van der Waals surface area contributed by atoms with E-state index in [2.05, 4.69) is 15.6 Å². The number of benzene rings is 1. The SMILES string of the molecule is CC(C)NC(=O)c1cccc(C(=O)Nc2ccccc2C(F)(F)F)n1. The van der Waals surface area contributed by atoms with Crippen LogP contribution in [0, 0.1) is 0 Å². The molecule has 1 heterocycles. The van der Waals surface area contributed by atoms with Crippen LogP contribution in [0.15, 0.2) is 42.5 Å². The molecular weight excluding hydrogens is 335 g/mol. The molecule has 0 saturated heterocycles. The molecule has 0 aliphatic carbocycles. The minimum atomic E-state index is -4.60. The maximum Gasteiger partial charge on any atom is 0.418 e. The third-order valence-corrected chi connectivity index (χ3v) is 3.11. The van der Waals surface area contributed by atoms with Gasteiger partial charge in [-0.3, -0.25) is 9.59 Å². The molecule has 2 N–H and O–H groups in total. The van der Waals surface area contributed by atoms with Crippen LogP contribution in [0.1, 0.15) is 40.4 Å². The summed E-state index contributed by atoms with van der Waals surface area (Å²) < 4.78 is 38.9. The van der Waals surface area contributed by atoms with Gasteiger partial charge in [0.1, 0.15) is 11.4 Å². The fourth-order valence-corrected chi connectivity index (χ4v) is 2.05. The lowest BCUT2D eigenvalue weighted by Gasteiger charge is -2.13. The molecule has 5 nitrogen and oxygen atoms in total. The lowest BCUT2D eigenvalue weighted by molar-refractivity contribution is -0.136. The van der Waals surface area contributed by atoms with Crippen molar-refractivity contribution in [3.8, 4) is 0 Å². The number of nitrogens with zero attached hydrogens (tertiary/aromatic N) is 1. The predicted molar refractivity (Wildman–Crippen MR) is 86.2 cm³/mol. The number of para-hydroxylation sites is 1. The Balaban J connectivity index is 2.24. The van der Waals surface area contributed by atoms with E-state index in [4.69, 9.17) is 0 Å². The molecule has 2 aromatic rings. The van der Waals surface area contributed by atoms with Crippen molar-refractivity contribution in [3.05, 3.63) is 59.4 Å². The summed E-state index contributed by atoms with van der Waals surface area (Å²) in [5.41, 5.74) is -1.49. The average molecular weight is 351 g/mol. The van der Waals surface area contributed by atoms with E-state index >= 15 is 0 Å². The standard InChI is InChI=1S/C17H16F3N3O2/c1-10(2)21-15(24)13-8-5-9-14(22-13)16(25)23-12-7-4-3-6-11(12)17(18,19)20/h3-10H,1-2H3,(H,21,24)(H,23,25). The number of carbonyl (C=O) groups is 2. The fourth-order valence-electron chi connectivity index (χ4n) is 2.05. The van der Waals surface area contributed by atoms with Gasteiger partial charge in [-0.05, 0) is 38.1 Å². The van der Waals surface area contributed by atoms with E-state index in [1.165, 1.54) is 30.3 Å². The van der Waals surface area contributed by atoms with Crippen LogP contribution >= 0.6 is 0 Å². The maximum atomic E-state index is 13.0. The summed E-state index contributed by atoms with van der Waals surface area (Å²) in [6.45, 7) is 3.53. The number of aromatic nitrogens is 1. The Morgan fingerprint density at radius 3 is 2.16 bits per heavy atom. The number of pyridine rings is 1. The van der Waals surface area contributed by atoms with E-state index in [0.717, 1.165) is 12.1 Å². The van der Waals surface area contributed by atoms with Crippen molar-refractivity contribution in [1.29, 1.82) is 0 Å². The molecule has 0 bridgehead atoms. The van der Waals surface area contributed by atoms with Gasteiger partial charge >= 0.3 is 6.18 Å². The van der Waals surface area contributed by atoms with Crippen molar-refractivity contribution in [2.24, 2.45) is 0 Å². The monoisotopic (exact) mass is 351 g/mol. The van der Waals surface area contributed by atoms with Crippen LogP contribution in [0.5, 0.6) is 0 Å². The van der Waals surface area contributed by atoms with E-state index in [1.807, 2.05) is 0 Å². The molecule has 25 heavy (non-hydrogen) atoms. The molecule has 132 valence electrons. The van der Waals surface area contributed by atoms with Crippen LogP contribution in [-0.2, 0) is 6.18 Å². The third kappa shape index (κ3) is 4.79. The van der Waals surface area contributed by atoms with E-state index in [0.29, 0.717) is 0 Å². The summed E-state index contributed by atoms with van der Waals surface area (Å²) in [7, 11) is 0. The highest BCUT2D eigenvalue weighted by Crippen LogP contribution is 2.34. The van der Waals surface area contributed by atoms with Gasteiger partial charge < -0.3 is 10.6 Å². The topological polar surface area (TPSA) is 71.1 Å².